The van der Waals surface area contributed by atoms with Crippen LogP contribution in [0.3, 0.4) is 0 Å². The molecule has 2 fully saturated rings. The third-order valence-corrected chi connectivity index (χ3v) is 9.53. The number of halogens is 6. The van der Waals surface area contributed by atoms with Crippen molar-refractivity contribution in [1.82, 2.24) is 4.90 Å². The first kappa shape index (κ1) is 20.8. The number of allylic oxidation sites excluding steroid dienone is 2. The molecule has 0 spiro atoms. The Labute approximate surface area is 179 Å². The fraction of sp³-hybridized carbons (Fsp3) is 0.667. The number of carbonyl (C=O) groups excluding carboxylic acids is 2. The number of fused-ring (bicyclic) bond motifs is 5. The molecule has 4 atom stereocenters. The molecule has 0 aromatic carbocycles. The van der Waals surface area contributed by atoms with Crippen LogP contribution in [0, 0.1) is 11.8 Å². The van der Waals surface area contributed by atoms with E-state index in [1.165, 1.54) is 0 Å². The quantitative estimate of drug-likeness (QED) is 0.351. The van der Waals surface area contributed by atoms with Gasteiger partial charge in [-0.05, 0) is 12.8 Å². The highest BCUT2D eigenvalue weighted by Crippen LogP contribution is 2.77. The van der Waals surface area contributed by atoms with E-state index in [0.717, 1.165) is 4.90 Å². The summed E-state index contributed by atoms with van der Waals surface area (Å²) < 4.78 is -1.93. The number of carbonyl (C=O) groups is 3. The number of alkyl halides is 4. The summed E-state index contributed by atoms with van der Waals surface area (Å²) in [5.74, 6) is -4.22. The monoisotopic (exact) mass is 481 g/mol. The average Bonchev–Trinajstić information content (AvgIpc) is 2.93. The van der Waals surface area contributed by atoms with Gasteiger partial charge in [-0.2, -0.15) is 0 Å². The lowest BCUT2D eigenvalue weighted by atomic mass is 9.84. The van der Waals surface area contributed by atoms with Crippen molar-refractivity contribution in [3.8, 4) is 0 Å². The first-order valence-corrected chi connectivity index (χ1v) is 10.1. The van der Waals surface area contributed by atoms with Gasteiger partial charge in [-0.1, -0.05) is 52.8 Å². The maximum atomic E-state index is 12.9. The Bertz CT molecular complexity index is 694. The molecule has 3 rings (SSSR count). The minimum atomic E-state index is -1.93. The van der Waals surface area contributed by atoms with E-state index in [0.29, 0.717) is 19.3 Å². The van der Waals surface area contributed by atoms with Crippen molar-refractivity contribution in [3.63, 3.8) is 0 Å². The number of rotatable bonds is 6. The fourth-order valence-corrected chi connectivity index (χ4v) is 6.93. The Morgan fingerprint density at radius 3 is 1.81 bits per heavy atom. The van der Waals surface area contributed by atoms with E-state index in [2.05, 4.69) is 0 Å². The Kier molecular flexibility index (Phi) is 5.26. The van der Waals surface area contributed by atoms with Crippen LogP contribution in [0.2, 0.25) is 0 Å². The van der Waals surface area contributed by atoms with Gasteiger partial charge < -0.3 is 5.11 Å². The van der Waals surface area contributed by atoms with Crippen molar-refractivity contribution >= 4 is 87.4 Å². The van der Waals surface area contributed by atoms with Gasteiger partial charge in [0.15, 0.2) is 4.33 Å². The van der Waals surface area contributed by atoms with Crippen LogP contribution in [0.15, 0.2) is 10.1 Å². The molecule has 0 aromatic rings. The molecule has 1 saturated heterocycles. The minimum absolute atomic E-state index is 0.0267. The third kappa shape index (κ3) is 2.34. The highest BCUT2D eigenvalue weighted by Gasteiger charge is 2.87. The van der Waals surface area contributed by atoms with E-state index >= 15 is 0 Å². The van der Waals surface area contributed by atoms with Crippen LogP contribution in [0.1, 0.15) is 25.7 Å². The van der Waals surface area contributed by atoms with E-state index < -0.39 is 43.7 Å². The lowest BCUT2D eigenvalue weighted by Crippen LogP contribution is -2.50. The Morgan fingerprint density at radius 2 is 1.38 bits per heavy atom. The van der Waals surface area contributed by atoms with E-state index in [1.807, 2.05) is 0 Å². The molecule has 2 bridgehead atoms. The number of hydrogen-bond donors (Lipinski definition) is 1. The van der Waals surface area contributed by atoms with Crippen LogP contribution in [0.5, 0.6) is 0 Å². The van der Waals surface area contributed by atoms with E-state index in [1.54, 1.807) is 0 Å². The number of likely N-dealkylation sites (tertiary alicyclic amines) is 1. The topological polar surface area (TPSA) is 74.7 Å². The second-order valence-electron chi connectivity index (χ2n) is 6.61. The second kappa shape index (κ2) is 6.57. The van der Waals surface area contributed by atoms with E-state index in [4.69, 9.17) is 74.7 Å². The van der Waals surface area contributed by atoms with Gasteiger partial charge in [0.2, 0.25) is 11.8 Å². The smallest absolute Gasteiger partial charge is 0.303 e. The standard InChI is InChI=1S/C15H13Cl6NO4/c16-9-10(17)14(19)8-7(13(9,18)15(14,20)21)11(25)22(12(8)26)5-3-1-2-4-6(23)24/h7-8H,1-5H2,(H,23,24). The van der Waals surface area contributed by atoms with Gasteiger partial charge in [0, 0.05) is 13.0 Å². The average molecular weight is 484 g/mol. The van der Waals surface area contributed by atoms with Crippen LogP contribution in [0.25, 0.3) is 0 Å². The number of amides is 2. The molecule has 144 valence electrons. The molecule has 1 saturated carbocycles. The van der Waals surface area contributed by atoms with E-state index in [9.17, 15) is 14.4 Å². The van der Waals surface area contributed by atoms with Gasteiger partial charge in [0.05, 0.1) is 21.9 Å². The predicted octanol–water partition coefficient (Wildman–Crippen LogP) is 4.08. The Hall–Kier alpha value is 0.0900. The van der Waals surface area contributed by atoms with Crippen molar-refractivity contribution in [2.24, 2.45) is 11.8 Å². The largest absolute Gasteiger partial charge is 0.481 e. The number of hydrogen-bond acceptors (Lipinski definition) is 3. The highest BCUT2D eigenvalue weighted by molar-refractivity contribution is 6.66. The summed E-state index contributed by atoms with van der Waals surface area (Å²) >= 11 is 38.3. The summed E-state index contributed by atoms with van der Waals surface area (Å²) in [5.41, 5.74) is 0. The summed E-state index contributed by atoms with van der Waals surface area (Å²) in [6.45, 7) is 0.122. The molecule has 1 aliphatic heterocycles. The van der Waals surface area contributed by atoms with Crippen molar-refractivity contribution in [3.05, 3.63) is 10.1 Å². The maximum Gasteiger partial charge on any atom is 0.303 e. The molecule has 11 heteroatoms. The first-order chi connectivity index (χ1) is 11.9. The Morgan fingerprint density at radius 1 is 0.923 bits per heavy atom. The molecule has 4 unspecified atom stereocenters. The van der Waals surface area contributed by atoms with Crippen LogP contribution >= 0.6 is 69.6 Å². The van der Waals surface area contributed by atoms with Crippen LogP contribution in [0.4, 0.5) is 0 Å². The van der Waals surface area contributed by atoms with E-state index in [-0.39, 0.29) is 23.0 Å². The van der Waals surface area contributed by atoms with Gasteiger partial charge in [-0.25, -0.2) is 0 Å². The zero-order valence-corrected chi connectivity index (χ0v) is 17.6. The first-order valence-electron chi connectivity index (χ1n) is 7.82. The zero-order chi connectivity index (χ0) is 19.7. The van der Waals surface area contributed by atoms with Gasteiger partial charge >= 0.3 is 5.97 Å². The molecule has 5 nitrogen and oxygen atoms in total. The number of carboxylic acid groups (broad SMARTS) is 1. The zero-order valence-electron chi connectivity index (χ0n) is 13.1. The summed E-state index contributed by atoms with van der Waals surface area (Å²) in [5, 5.41) is 8.40. The molecular formula is C15H13Cl6NO4. The summed E-state index contributed by atoms with van der Waals surface area (Å²) in [7, 11) is 0. The highest BCUT2D eigenvalue weighted by atomic mass is 35.5. The third-order valence-electron chi connectivity index (χ3n) is 5.27. The number of nitrogens with zero attached hydrogens (tertiary/aromatic N) is 1. The van der Waals surface area contributed by atoms with Crippen molar-refractivity contribution in [2.75, 3.05) is 6.54 Å². The molecule has 0 radical (unpaired) electrons. The lowest BCUT2D eigenvalue weighted by molar-refractivity contribution is -0.141. The summed E-state index contributed by atoms with van der Waals surface area (Å²) in [6, 6.07) is 0. The number of carboxylic acids is 1. The minimum Gasteiger partial charge on any atom is -0.481 e. The number of imide groups is 1. The molecule has 0 aromatic heterocycles. The molecule has 1 N–H and O–H groups in total. The van der Waals surface area contributed by atoms with Crippen molar-refractivity contribution in [1.29, 1.82) is 0 Å². The maximum absolute atomic E-state index is 12.9. The van der Waals surface area contributed by atoms with Crippen molar-refractivity contribution < 1.29 is 19.5 Å². The normalized spacial score (nSPS) is 37.7. The number of aliphatic carboxylic acids is 1. The molecule has 1 heterocycles. The second-order valence-corrected chi connectivity index (χ2v) is 9.89. The molecule has 26 heavy (non-hydrogen) atoms. The van der Waals surface area contributed by atoms with Crippen LogP contribution in [-0.4, -0.2) is 48.4 Å². The molecule has 2 amide bonds. The van der Waals surface area contributed by atoms with Crippen molar-refractivity contribution in [2.45, 2.75) is 39.8 Å². The van der Waals surface area contributed by atoms with Gasteiger partial charge in [-0.3, -0.25) is 19.3 Å². The van der Waals surface area contributed by atoms with Crippen LogP contribution < -0.4 is 0 Å². The summed E-state index contributed by atoms with van der Waals surface area (Å²) in [6.07, 6.45) is 1.48. The summed E-state index contributed by atoms with van der Waals surface area (Å²) in [4.78, 5) is 33.8. The predicted molar refractivity (Wildman–Crippen MR) is 100 cm³/mol. The van der Waals surface area contributed by atoms with Crippen LogP contribution in [-0.2, 0) is 14.4 Å². The lowest BCUT2D eigenvalue weighted by Gasteiger charge is -2.34. The van der Waals surface area contributed by atoms with Gasteiger partial charge in [0.25, 0.3) is 0 Å². The van der Waals surface area contributed by atoms with Gasteiger partial charge in [0.1, 0.15) is 9.75 Å². The number of unbranched alkanes of at least 4 members (excludes halogenated alkanes) is 2. The molecule has 2 aliphatic carbocycles. The SMILES string of the molecule is O=C(O)CCCCCN1C(=O)C2C(C1=O)C1(Cl)C(Cl)=C(Cl)C2(Cl)C1(Cl)Cl. The van der Waals surface area contributed by atoms with Gasteiger partial charge in [-0.15, -0.1) is 23.2 Å². The molecule has 3 aliphatic rings. The fourth-order valence-electron chi connectivity index (χ4n) is 4.00. The molecular weight excluding hydrogens is 471 g/mol. The Balaban J connectivity index is 1.83.